The minimum Gasteiger partial charge on any atom is -0.363 e. The first kappa shape index (κ1) is 17.6. The zero-order valence-electron chi connectivity index (χ0n) is 14.5. The largest absolute Gasteiger partial charge is 0.363 e. The summed E-state index contributed by atoms with van der Waals surface area (Å²) in [5.74, 6) is 0. The van der Waals surface area contributed by atoms with Crippen molar-refractivity contribution in [3.8, 4) is 0 Å². The van der Waals surface area contributed by atoms with Gasteiger partial charge in [0.1, 0.15) is 5.01 Å². The Morgan fingerprint density at radius 1 is 1.38 bits per heavy atom. The molecule has 1 fully saturated rings. The van der Waals surface area contributed by atoms with E-state index in [-0.39, 0.29) is 0 Å². The molecule has 3 rings (SSSR count). The van der Waals surface area contributed by atoms with Crippen LogP contribution in [0.3, 0.4) is 0 Å². The summed E-state index contributed by atoms with van der Waals surface area (Å²) < 4.78 is 1.27. The fourth-order valence-electron chi connectivity index (χ4n) is 3.16. The van der Waals surface area contributed by atoms with E-state index in [0.717, 1.165) is 43.1 Å². The molecule has 1 aromatic heterocycles. The van der Waals surface area contributed by atoms with E-state index in [0.29, 0.717) is 6.04 Å². The molecule has 1 aromatic carbocycles. The van der Waals surface area contributed by atoms with Gasteiger partial charge < -0.3 is 15.1 Å². The fourth-order valence-corrected chi connectivity index (χ4v) is 4.59. The van der Waals surface area contributed by atoms with Crippen LogP contribution in [0, 0.1) is 0 Å². The Morgan fingerprint density at radius 3 is 3.00 bits per heavy atom. The summed E-state index contributed by atoms with van der Waals surface area (Å²) >= 11 is 7.50. The smallest absolute Gasteiger partial charge is 0.169 e. The van der Waals surface area contributed by atoms with Crippen molar-refractivity contribution < 1.29 is 0 Å². The van der Waals surface area contributed by atoms with E-state index in [1.165, 1.54) is 22.5 Å². The third-order valence-corrected chi connectivity index (χ3v) is 5.93. The predicted octanol–water partition coefficient (Wildman–Crippen LogP) is 3.65. The van der Waals surface area contributed by atoms with E-state index < -0.39 is 0 Å². The van der Waals surface area contributed by atoms with Crippen LogP contribution in [0.25, 0.3) is 10.2 Å². The second-order valence-corrected chi connectivity index (χ2v) is 8.06. The van der Waals surface area contributed by atoms with Crippen LogP contribution in [0.1, 0.15) is 36.7 Å². The average Bonchev–Trinajstić information content (AvgIpc) is 3.02. The highest BCUT2D eigenvalue weighted by molar-refractivity contribution is 7.80. The van der Waals surface area contributed by atoms with E-state index in [9.17, 15) is 0 Å². The number of para-hydroxylation sites is 1. The maximum absolute atomic E-state index is 5.69. The lowest BCUT2D eigenvalue weighted by Gasteiger charge is -2.36. The van der Waals surface area contributed by atoms with Crippen LogP contribution in [0.2, 0.25) is 0 Å². The molecular weight excluding hydrogens is 336 g/mol. The summed E-state index contributed by atoms with van der Waals surface area (Å²) in [6.07, 6.45) is 4.70. The predicted molar refractivity (Wildman–Crippen MR) is 107 cm³/mol. The summed E-state index contributed by atoms with van der Waals surface area (Å²) in [5.41, 5.74) is 1.10. The molecule has 1 saturated heterocycles. The molecule has 4 nitrogen and oxygen atoms in total. The minimum atomic E-state index is 0.324. The number of aromatic nitrogens is 1. The standard InChI is InChI=1S/C18H26N4S2/c1-21(2)12-7-11-19-18(23)22-13-6-5-9-15(22)17-20-14-8-3-4-10-16(14)24-17/h3-4,8,10,15H,5-7,9,11-13H2,1-2H3,(H,19,23)/t15-/m1/s1. The van der Waals surface area contributed by atoms with Crippen LogP contribution in [0.15, 0.2) is 24.3 Å². The molecule has 1 aliphatic heterocycles. The number of thiocarbonyl (C=S) groups is 1. The second kappa shape index (κ2) is 8.23. The Morgan fingerprint density at radius 2 is 2.21 bits per heavy atom. The Hall–Kier alpha value is -1.24. The molecule has 0 saturated carbocycles. The SMILES string of the molecule is CN(C)CCCNC(=S)N1CCCC[C@@H]1c1nc2ccccc2s1. The van der Waals surface area contributed by atoms with Gasteiger partial charge in [0.25, 0.3) is 0 Å². The molecule has 130 valence electrons. The maximum atomic E-state index is 5.69. The highest BCUT2D eigenvalue weighted by atomic mass is 32.1. The number of benzene rings is 1. The van der Waals surface area contributed by atoms with Crippen molar-refractivity contribution in [3.05, 3.63) is 29.3 Å². The quantitative estimate of drug-likeness (QED) is 0.648. The minimum absolute atomic E-state index is 0.324. The number of nitrogens with one attached hydrogen (secondary N) is 1. The summed E-state index contributed by atoms with van der Waals surface area (Å²) in [7, 11) is 4.21. The summed E-state index contributed by atoms with van der Waals surface area (Å²) in [6.45, 7) is 3.04. The van der Waals surface area contributed by atoms with Gasteiger partial charge in [0.05, 0.1) is 16.3 Å². The van der Waals surface area contributed by atoms with Gasteiger partial charge in [-0.15, -0.1) is 11.3 Å². The van der Waals surface area contributed by atoms with Crippen molar-refractivity contribution in [2.45, 2.75) is 31.7 Å². The van der Waals surface area contributed by atoms with E-state index in [1.54, 1.807) is 0 Å². The number of hydrogen-bond donors (Lipinski definition) is 1. The molecule has 6 heteroatoms. The molecule has 24 heavy (non-hydrogen) atoms. The van der Waals surface area contributed by atoms with E-state index in [1.807, 2.05) is 11.3 Å². The number of nitrogens with zero attached hydrogens (tertiary/aromatic N) is 3. The summed E-state index contributed by atoms with van der Waals surface area (Å²) in [4.78, 5) is 9.43. The lowest BCUT2D eigenvalue weighted by atomic mass is 10.0. The monoisotopic (exact) mass is 362 g/mol. The molecule has 1 N–H and O–H groups in total. The van der Waals surface area contributed by atoms with Crippen LogP contribution in [0.4, 0.5) is 0 Å². The molecule has 2 heterocycles. The van der Waals surface area contributed by atoms with Gasteiger partial charge in [0.2, 0.25) is 0 Å². The van der Waals surface area contributed by atoms with Gasteiger partial charge in [-0.2, -0.15) is 0 Å². The van der Waals surface area contributed by atoms with Gasteiger partial charge in [0, 0.05) is 13.1 Å². The molecule has 0 radical (unpaired) electrons. The van der Waals surface area contributed by atoms with Gasteiger partial charge in [-0.3, -0.25) is 0 Å². The van der Waals surface area contributed by atoms with Gasteiger partial charge >= 0.3 is 0 Å². The number of fused-ring (bicyclic) bond motifs is 1. The highest BCUT2D eigenvalue weighted by Gasteiger charge is 2.28. The number of thiazole rings is 1. The maximum Gasteiger partial charge on any atom is 0.169 e. The molecule has 0 bridgehead atoms. The first-order valence-electron chi connectivity index (χ1n) is 8.70. The van der Waals surface area contributed by atoms with Crippen molar-refractivity contribution in [1.29, 1.82) is 0 Å². The van der Waals surface area contributed by atoms with Crippen molar-refractivity contribution in [2.24, 2.45) is 0 Å². The number of rotatable bonds is 5. The molecular formula is C18H26N4S2. The fraction of sp³-hybridized carbons (Fsp3) is 0.556. The van der Waals surface area contributed by atoms with Crippen LogP contribution in [-0.2, 0) is 0 Å². The Bertz CT molecular complexity index is 649. The first-order valence-corrected chi connectivity index (χ1v) is 9.92. The topological polar surface area (TPSA) is 31.4 Å². The average molecular weight is 363 g/mol. The Balaban J connectivity index is 1.67. The summed E-state index contributed by atoms with van der Waals surface area (Å²) in [6, 6.07) is 8.72. The third kappa shape index (κ3) is 4.23. The first-order chi connectivity index (χ1) is 11.6. The number of likely N-dealkylation sites (tertiary alicyclic amines) is 1. The zero-order chi connectivity index (χ0) is 16.9. The van der Waals surface area contributed by atoms with Crippen LogP contribution < -0.4 is 5.32 Å². The second-order valence-electron chi connectivity index (χ2n) is 6.61. The zero-order valence-corrected chi connectivity index (χ0v) is 16.1. The number of piperidine rings is 1. The van der Waals surface area contributed by atoms with Gasteiger partial charge in [0.15, 0.2) is 5.11 Å². The normalized spacial score (nSPS) is 18.3. The molecule has 0 aliphatic carbocycles. The third-order valence-electron chi connectivity index (χ3n) is 4.42. The van der Waals surface area contributed by atoms with Gasteiger partial charge in [-0.1, -0.05) is 12.1 Å². The Kier molecular flexibility index (Phi) is 6.03. The molecule has 0 amide bonds. The Labute approximate surface area is 153 Å². The molecule has 0 spiro atoms. The van der Waals surface area contributed by atoms with E-state index in [4.69, 9.17) is 17.2 Å². The van der Waals surface area contributed by atoms with Gasteiger partial charge in [-0.05, 0) is 70.7 Å². The molecule has 0 unspecified atom stereocenters. The van der Waals surface area contributed by atoms with Crippen LogP contribution in [-0.4, -0.2) is 53.6 Å². The highest BCUT2D eigenvalue weighted by Crippen LogP contribution is 2.35. The van der Waals surface area contributed by atoms with Gasteiger partial charge in [-0.25, -0.2) is 4.98 Å². The molecule has 1 atom stereocenters. The van der Waals surface area contributed by atoms with Crippen molar-refractivity contribution in [2.75, 3.05) is 33.7 Å². The molecule has 1 aliphatic rings. The van der Waals surface area contributed by atoms with Crippen molar-refractivity contribution in [3.63, 3.8) is 0 Å². The van der Waals surface area contributed by atoms with Crippen molar-refractivity contribution in [1.82, 2.24) is 20.1 Å². The van der Waals surface area contributed by atoms with E-state index in [2.05, 4.69) is 53.5 Å². The number of hydrogen-bond acceptors (Lipinski definition) is 4. The summed E-state index contributed by atoms with van der Waals surface area (Å²) in [5, 5.41) is 5.54. The lowest BCUT2D eigenvalue weighted by Crippen LogP contribution is -2.45. The lowest BCUT2D eigenvalue weighted by molar-refractivity contribution is 0.241. The van der Waals surface area contributed by atoms with Crippen LogP contribution in [0.5, 0.6) is 0 Å². The van der Waals surface area contributed by atoms with E-state index >= 15 is 0 Å². The molecule has 2 aromatic rings. The van der Waals surface area contributed by atoms with Crippen LogP contribution >= 0.6 is 23.6 Å². The van der Waals surface area contributed by atoms with Crippen molar-refractivity contribution >= 4 is 38.9 Å².